The highest BCUT2D eigenvalue weighted by Crippen LogP contribution is 2.13. The lowest BCUT2D eigenvalue weighted by Gasteiger charge is -2.03. The third kappa shape index (κ3) is 3.70. The fourth-order valence-corrected chi connectivity index (χ4v) is 1.88. The van der Waals surface area contributed by atoms with Gasteiger partial charge in [0, 0.05) is 17.0 Å². The van der Waals surface area contributed by atoms with Crippen molar-refractivity contribution >= 4 is 22.9 Å². The average Bonchev–Trinajstić information content (AvgIpc) is 2.97. The minimum absolute atomic E-state index is 0.286. The van der Waals surface area contributed by atoms with Crippen molar-refractivity contribution in [1.82, 2.24) is 9.97 Å². The highest BCUT2D eigenvalue weighted by Gasteiger charge is 2.10. The Kier molecular flexibility index (Phi) is 4.54. The standard InChI is InChI=1S/C17H16N4O/c1-4-13-5-7-14(8-6-13)20-17(22)15-10-19-16(21-15)11(2)9-12(3)18/h1,5-10,18H,2-3H3,(H,19,21)(H,20,22)/b11-9-,18-12?. The van der Waals surface area contributed by atoms with E-state index in [-0.39, 0.29) is 5.91 Å². The van der Waals surface area contributed by atoms with Gasteiger partial charge in [-0.05, 0) is 49.8 Å². The molecule has 1 heterocycles. The number of anilines is 1. The number of amides is 1. The molecule has 5 heteroatoms. The van der Waals surface area contributed by atoms with E-state index in [1.54, 1.807) is 37.3 Å². The maximum Gasteiger partial charge on any atom is 0.273 e. The smallest absolute Gasteiger partial charge is 0.273 e. The summed E-state index contributed by atoms with van der Waals surface area (Å²) in [6.45, 7) is 3.51. The largest absolute Gasteiger partial charge is 0.334 e. The average molecular weight is 292 g/mol. The molecule has 3 N–H and O–H groups in total. The summed E-state index contributed by atoms with van der Waals surface area (Å²) in [7, 11) is 0. The van der Waals surface area contributed by atoms with Crippen molar-refractivity contribution in [2.45, 2.75) is 13.8 Å². The maximum atomic E-state index is 12.1. The molecule has 0 saturated carbocycles. The van der Waals surface area contributed by atoms with Gasteiger partial charge in [-0.2, -0.15) is 0 Å². The van der Waals surface area contributed by atoms with Crippen LogP contribution in [0.1, 0.15) is 35.7 Å². The van der Waals surface area contributed by atoms with E-state index in [2.05, 4.69) is 21.2 Å². The number of nitrogens with one attached hydrogen (secondary N) is 3. The molecule has 2 rings (SSSR count). The topological polar surface area (TPSA) is 81.6 Å². The number of imidazole rings is 1. The van der Waals surface area contributed by atoms with E-state index in [1.165, 1.54) is 6.20 Å². The first-order valence-corrected chi connectivity index (χ1v) is 6.66. The van der Waals surface area contributed by atoms with Crippen LogP contribution in [0.5, 0.6) is 0 Å². The van der Waals surface area contributed by atoms with Crippen LogP contribution in [0.3, 0.4) is 0 Å². The molecule has 0 fully saturated rings. The first-order valence-electron chi connectivity index (χ1n) is 6.66. The van der Waals surface area contributed by atoms with Crippen LogP contribution in [0.2, 0.25) is 0 Å². The summed E-state index contributed by atoms with van der Waals surface area (Å²) in [4.78, 5) is 19.2. The van der Waals surface area contributed by atoms with Crippen molar-refractivity contribution in [3.8, 4) is 12.3 Å². The quantitative estimate of drug-likeness (QED) is 0.598. The minimum Gasteiger partial charge on any atom is -0.334 e. The van der Waals surface area contributed by atoms with Crippen LogP contribution in [0, 0.1) is 17.8 Å². The monoisotopic (exact) mass is 292 g/mol. The Morgan fingerprint density at radius 3 is 2.64 bits per heavy atom. The second kappa shape index (κ2) is 6.55. The van der Waals surface area contributed by atoms with Crippen molar-refractivity contribution < 1.29 is 4.79 Å². The molecule has 1 amide bonds. The Balaban J connectivity index is 2.12. The van der Waals surface area contributed by atoms with E-state index in [1.807, 2.05) is 6.92 Å². The third-order valence-electron chi connectivity index (χ3n) is 2.94. The van der Waals surface area contributed by atoms with Crippen molar-refractivity contribution in [3.05, 3.63) is 53.6 Å². The molecule has 0 aliphatic rings. The van der Waals surface area contributed by atoms with E-state index in [9.17, 15) is 4.79 Å². The number of hydrogen-bond donors (Lipinski definition) is 3. The fourth-order valence-electron chi connectivity index (χ4n) is 1.88. The Bertz CT molecular complexity index is 776. The molecule has 5 nitrogen and oxygen atoms in total. The summed E-state index contributed by atoms with van der Waals surface area (Å²) >= 11 is 0. The first kappa shape index (κ1) is 15.3. The molecule has 0 radical (unpaired) electrons. The third-order valence-corrected chi connectivity index (χ3v) is 2.94. The van der Waals surface area contributed by atoms with Gasteiger partial charge in [-0.1, -0.05) is 5.92 Å². The van der Waals surface area contributed by atoms with E-state index in [0.717, 1.165) is 11.1 Å². The summed E-state index contributed by atoms with van der Waals surface area (Å²) < 4.78 is 0. The van der Waals surface area contributed by atoms with Crippen LogP contribution in [-0.4, -0.2) is 21.6 Å². The molecule has 0 spiro atoms. The Hall–Kier alpha value is -3.13. The SMILES string of the molecule is C#Cc1ccc(NC(=O)c2cnc(/C(C)=C\C(C)=N)[nH]2)cc1. The lowest BCUT2D eigenvalue weighted by Crippen LogP contribution is -2.12. The molecule has 0 saturated heterocycles. The number of hydrogen-bond acceptors (Lipinski definition) is 3. The van der Waals surface area contributed by atoms with Gasteiger partial charge in [0.15, 0.2) is 0 Å². The summed E-state index contributed by atoms with van der Waals surface area (Å²) in [5.41, 5.74) is 2.98. The molecule has 0 aliphatic heterocycles. The number of aromatic amines is 1. The highest BCUT2D eigenvalue weighted by molar-refractivity contribution is 6.03. The van der Waals surface area contributed by atoms with Crippen molar-refractivity contribution in [1.29, 1.82) is 5.41 Å². The number of benzene rings is 1. The van der Waals surface area contributed by atoms with E-state index < -0.39 is 0 Å². The van der Waals surface area contributed by atoms with Gasteiger partial charge in [0.2, 0.25) is 0 Å². The number of terminal acetylenes is 1. The van der Waals surface area contributed by atoms with Crippen molar-refractivity contribution in [2.75, 3.05) is 5.32 Å². The second-order valence-electron chi connectivity index (χ2n) is 4.83. The number of nitrogens with zero attached hydrogens (tertiary/aromatic N) is 1. The van der Waals surface area contributed by atoms with E-state index in [0.29, 0.717) is 22.9 Å². The molecule has 22 heavy (non-hydrogen) atoms. The number of rotatable bonds is 4. The van der Waals surface area contributed by atoms with Gasteiger partial charge < -0.3 is 15.7 Å². The zero-order chi connectivity index (χ0) is 16.1. The van der Waals surface area contributed by atoms with Crippen LogP contribution in [-0.2, 0) is 0 Å². The van der Waals surface area contributed by atoms with Crippen LogP contribution in [0.25, 0.3) is 5.57 Å². The van der Waals surface area contributed by atoms with Gasteiger partial charge >= 0.3 is 0 Å². The van der Waals surface area contributed by atoms with Crippen molar-refractivity contribution in [3.63, 3.8) is 0 Å². The summed E-state index contributed by atoms with van der Waals surface area (Å²) in [5, 5.41) is 10.2. The molecule has 1 aromatic heterocycles. The Labute approximate surface area is 129 Å². The molecular weight excluding hydrogens is 276 g/mol. The molecule has 110 valence electrons. The predicted molar refractivity (Wildman–Crippen MR) is 88.0 cm³/mol. The number of allylic oxidation sites excluding steroid dienone is 2. The van der Waals surface area contributed by atoms with Gasteiger partial charge in [-0.15, -0.1) is 6.42 Å². The number of aromatic nitrogens is 2. The van der Waals surface area contributed by atoms with Gasteiger partial charge in [0.1, 0.15) is 11.5 Å². The van der Waals surface area contributed by atoms with E-state index >= 15 is 0 Å². The second-order valence-corrected chi connectivity index (χ2v) is 4.83. The summed E-state index contributed by atoms with van der Waals surface area (Å²) in [6, 6.07) is 7.00. The number of carbonyl (C=O) groups is 1. The normalized spacial score (nSPS) is 10.9. The Morgan fingerprint density at radius 2 is 2.05 bits per heavy atom. The van der Waals surface area contributed by atoms with Crippen molar-refractivity contribution in [2.24, 2.45) is 0 Å². The summed E-state index contributed by atoms with van der Waals surface area (Å²) in [6.07, 6.45) is 8.44. The Morgan fingerprint density at radius 1 is 1.36 bits per heavy atom. The van der Waals surface area contributed by atoms with Gasteiger partial charge in [-0.25, -0.2) is 4.98 Å². The van der Waals surface area contributed by atoms with E-state index in [4.69, 9.17) is 11.8 Å². The predicted octanol–water partition coefficient (Wildman–Crippen LogP) is 3.09. The number of H-pyrrole nitrogens is 1. The fraction of sp³-hybridized carbons (Fsp3) is 0.118. The summed E-state index contributed by atoms with van der Waals surface area (Å²) in [5.74, 6) is 2.80. The molecule has 0 aliphatic carbocycles. The molecular formula is C17H16N4O. The number of carbonyl (C=O) groups excluding carboxylic acids is 1. The van der Waals surface area contributed by atoms with Crippen LogP contribution >= 0.6 is 0 Å². The molecule has 0 unspecified atom stereocenters. The molecule has 1 aromatic carbocycles. The lowest BCUT2D eigenvalue weighted by molar-refractivity contribution is 0.102. The minimum atomic E-state index is -0.286. The van der Waals surface area contributed by atoms with Crippen LogP contribution in [0.15, 0.2) is 36.5 Å². The van der Waals surface area contributed by atoms with Gasteiger partial charge in [-0.3, -0.25) is 4.79 Å². The zero-order valence-electron chi connectivity index (χ0n) is 12.4. The zero-order valence-corrected chi connectivity index (χ0v) is 12.4. The molecule has 0 atom stereocenters. The van der Waals surface area contributed by atoms with Gasteiger partial charge in [0.25, 0.3) is 5.91 Å². The van der Waals surface area contributed by atoms with Crippen LogP contribution < -0.4 is 5.32 Å². The lowest BCUT2D eigenvalue weighted by atomic mass is 10.2. The van der Waals surface area contributed by atoms with Gasteiger partial charge in [0.05, 0.1) is 6.20 Å². The molecule has 2 aromatic rings. The highest BCUT2D eigenvalue weighted by atomic mass is 16.1. The molecule has 0 bridgehead atoms. The first-order chi connectivity index (χ1) is 10.5. The van der Waals surface area contributed by atoms with Crippen LogP contribution in [0.4, 0.5) is 5.69 Å². The maximum absolute atomic E-state index is 12.1.